The van der Waals surface area contributed by atoms with E-state index in [0.717, 1.165) is 27.2 Å². The first-order valence-corrected chi connectivity index (χ1v) is 5.58. The van der Waals surface area contributed by atoms with Gasteiger partial charge in [-0.3, -0.25) is 10.0 Å². The van der Waals surface area contributed by atoms with Gasteiger partial charge in [0, 0.05) is 29.1 Å². The number of benzene rings is 1. The Morgan fingerprint density at radius 2 is 2.06 bits per heavy atom. The number of amides is 1. The zero-order chi connectivity index (χ0) is 12.6. The summed E-state index contributed by atoms with van der Waals surface area (Å²) in [5, 5.41) is 11.5. The minimum absolute atomic E-state index is 0.358. The molecule has 0 fully saturated rings. The minimum Gasteiger partial charge on any atom is -0.358 e. The van der Waals surface area contributed by atoms with E-state index in [-0.39, 0.29) is 11.9 Å². The highest BCUT2D eigenvalue weighted by molar-refractivity contribution is 5.85. The van der Waals surface area contributed by atoms with Gasteiger partial charge in [-0.2, -0.15) is 0 Å². The molecule has 1 atom stereocenters. The number of hydrogen-bond acceptors (Lipinski definition) is 2. The van der Waals surface area contributed by atoms with Crippen LogP contribution in [0.3, 0.4) is 0 Å². The number of fused-ring (bicyclic) bond motifs is 1. The molecule has 1 aromatic heterocycles. The van der Waals surface area contributed by atoms with Crippen LogP contribution >= 0.6 is 0 Å². The molecule has 90 valence electrons. The monoisotopic (exact) mass is 232 g/mol. The van der Waals surface area contributed by atoms with E-state index in [1.165, 1.54) is 6.92 Å². The minimum atomic E-state index is -0.359. The fourth-order valence-electron chi connectivity index (χ4n) is 2.23. The molecular weight excluding hydrogens is 216 g/mol. The van der Waals surface area contributed by atoms with Crippen LogP contribution in [0, 0.1) is 6.92 Å². The Balaban J connectivity index is 2.54. The van der Waals surface area contributed by atoms with Gasteiger partial charge in [0.2, 0.25) is 5.91 Å². The summed E-state index contributed by atoms with van der Waals surface area (Å²) in [4.78, 5) is 14.4. The number of H-pyrrole nitrogens is 1. The van der Waals surface area contributed by atoms with Crippen molar-refractivity contribution in [3.05, 3.63) is 35.5 Å². The number of carbonyl (C=O) groups is 1. The Hall–Kier alpha value is -1.81. The summed E-state index contributed by atoms with van der Waals surface area (Å²) in [7, 11) is 0. The SMILES string of the molecule is CC(=O)N(O)C(C)c1c(C)[nH]c2ccccc12. The molecule has 0 spiro atoms. The molecule has 1 amide bonds. The molecule has 17 heavy (non-hydrogen) atoms. The lowest BCUT2D eigenvalue weighted by atomic mass is 10.0. The lowest BCUT2D eigenvalue weighted by molar-refractivity contribution is -0.172. The highest BCUT2D eigenvalue weighted by Gasteiger charge is 2.21. The molecular formula is C13H16N2O2. The quantitative estimate of drug-likeness (QED) is 0.618. The Labute approximate surface area is 99.8 Å². The molecule has 2 rings (SSSR count). The second kappa shape index (κ2) is 4.22. The number of aryl methyl sites for hydroxylation is 1. The summed E-state index contributed by atoms with van der Waals surface area (Å²) in [6, 6.07) is 7.51. The Morgan fingerprint density at radius 3 is 2.71 bits per heavy atom. The van der Waals surface area contributed by atoms with Crippen LogP contribution in [0.2, 0.25) is 0 Å². The predicted octanol–water partition coefficient (Wildman–Crippen LogP) is 2.78. The standard InChI is InChI=1S/C13H16N2O2/c1-8-13(9(2)15(17)10(3)16)11-6-4-5-7-12(11)14-8/h4-7,9,14,17H,1-3H3. The molecule has 1 heterocycles. The van der Waals surface area contributed by atoms with Gasteiger partial charge in [-0.05, 0) is 19.9 Å². The lowest BCUT2D eigenvalue weighted by Gasteiger charge is -2.21. The van der Waals surface area contributed by atoms with Crippen molar-refractivity contribution in [2.75, 3.05) is 0 Å². The summed E-state index contributed by atoms with van der Waals surface area (Å²) < 4.78 is 0. The zero-order valence-corrected chi connectivity index (χ0v) is 10.2. The van der Waals surface area contributed by atoms with E-state index in [2.05, 4.69) is 4.98 Å². The first-order chi connectivity index (χ1) is 8.02. The predicted molar refractivity (Wildman–Crippen MR) is 65.8 cm³/mol. The van der Waals surface area contributed by atoms with Crippen LogP contribution in [0.4, 0.5) is 0 Å². The molecule has 0 saturated heterocycles. The lowest BCUT2D eigenvalue weighted by Crippen LogP contribution is -2.28. The molecule has 0 saturated carbocycles. The number of nitrogens with one attached hydrogen (secondary N) is 1. The fourth-order valence-corrected chi connectivity index (χ4v) is 2.23. The Kier molecular flexibility index (Phi) is 2.90. The number of hydrogen-bond donors (Lipinski definition) is 2. The van der Waals surface area contributed by atoms with Crippen LogP contribution in [-0.2, 0) is 4.79 Å². The first-order valence-electron chi connectivity index (χ1n) is 5.58. The van der Waals surface area contributed by atoms with E-state index < -0.39 is 0 Å². The Morgan fingerprint density at radius 1 is 1.41 bits per heavy atom. The topological polar surface area (TPSA) is 56.3 Å². The molecule has 2 aromatic rings. The average Bonchev–Trinajstić information content (AvgIpc) is 2.62. The van der Waals surface area contributed by atoms with Crippen LogP contribution in [0.1, 0.15) is 31.1 Å². The van der Waals surface area contributed by atoms with Crippen LogP contribution in [0.25, 0.3) is 10.9 Å². The number of para-hydroxylation sites is 1. The number of hydroxylamine groups is 2. The summed E-state index contributed by atoms with van der Waals surface area (Å²) >= 11 is 0. The second-order valence-corrected chi connectivity index (χ2v) is 4.25. The van der Waals surface area contributed by atoms with Crippen molar-refractivity contribution >= 4 is 16.8 Å². The normalized spacial score (nSPS) is 12.7. The number of rotatable bonds is 2. The van der Waals surface area contributed by atoms with Gasteiger partial charge in [-0.15, -0.1) is 0 Å². The summed E-state index contributed by atoms with van der Waals surface area (Å²) in [5.41, 5.74) is 2.95. The number of aromatic amines is 1. The third kappa shape index (κ3) is 1.91. The largest absolute Gasteiger partial charge is 0.358 e. The van der Waals surface area contributed by atoms with E-state index in [1.807, 2.05) is 38.1 Å². The van der Waals surface area contributed by atoms with Crippen LogP contribution in [-0.4, -0.2) is 21.2 Å². The zero-order valence-electron chi connectivity index (χ0n) is 10.2. The molecule has 0 bridgehead atoms. The summed E-state index contributed by atoms with van der Waals surface area (Å²) in [6.45, 7) is 5.10. The number of aromatic nitrogens is 1. The van der Waals surface area contributed by atoms with E-state index >= 15 is 0 Å². The van der Waals surface area contributed by atoms with Crippen LogP contribution < -0.4 is 0 Å². The molecule has 4 nitrogen and oxygen atoms in total. The van der Waals surface area contributed by atoms with Gasteiger partial charge in [0.25, 0.3) is 0 Å². The Bertz CT molecular complexity index is 560. The molecule has 0 aliphatic heterocycles. The highest BCUT2D eigenvalue weighted by Crippen LogP contribution is 2.30. The average molecular weight is 232 g/mol. The van der Waals surface area contributed by atoms with E-state index in [9.17, 15) is 10.0 Å². The van der Waals surface area contributed by atoms with Gasteiger partial charge >= 0.3 is 0 Å². The summed E-state index contributed by atoms with van der Waals surface area (Å²) in [6.07, 6.45) is 0. The molecule has 1 aromatic carbocycles. The van der Waals surface area contributed by atoms with E-state index in [0.29, 0.717) is 0 Å². The van der Waals surface area contributed by atoms with Crippen molar-refractivity contribution in [3.8, 4) is 0 Å². The number of nitrogens with zero attached hydrogens (tertiary/aromatic N) is 1. The van der Waals surface area contributed by atoms with Crippen molar-refractivity contribution in [1.29, 1.82) is 0 Å². The van der Waals surface area contributed by atoms with Crippen LogP contribution in [0.15, 0.2) is 24.3 Å². The van der Waals surface area contributed by atoms with Gasteiger partial charge in [-0.25, -0.2) is 5.06 Å². The van der Waals surface area contributed by atoms with Crippen molar-refractivity contribution in [3.63, 3.8) is 0 Å². The van der Waals surface area contributed by atoms with Crippen molar-refractivity contribution in [2.45, 2.75) is 26.8 Å². The third-order valence-corrected chi connectivity index (χ3v) is 3.05. The van der Waals surface area contributed by atoms with E-state index in [4.69, 9.17) is 0 Å². The van der Waals surface area contributed by atoms with Gasteiger partial charge in [0.1, 0.15) is 0 Å². The van der Waals surface area contributed by atoms with Gasteiger partial charge in [0.05, 0.1) is 6.04 Å². The second-order valence-electron chi connectivity index (χ2n) is 4.25. The van der Waals surface area contributed by atoms with Crippen molar-refractivity contribution in [2.24, 2.45) is 0 Å². The molecule has 0 aliphatic rings. The molecule has 0 radical (unpaired) electrons. The van der Waals surface area contributed by atoms with Gasteiger partial charge < -0.3 is 4.98 Å². The van der Waals surface area contributed by atoms with E-state index in [1.54, 1.807) is 0 Å². The third-order valence-electron chi connectivity index (χ3n) is 3.05. The van der Waals surface area contributed by atoms with Crippen molar-refractivity contribution < 1.29 is 10.0 Å². The number of carbonyl (C=O) groups excluding carboxylic acids is 1. The first kappa shape index (κ1) is 11.7. The van der Waals surface area contributed by atoms with Crippen LogP contribution in [0.5, 0.6) is 0 Å². The summed E-state index contributed by atoms with van der Waals surface area (Å²) in [5.74, 6) is -0.359. The molecule has 1 unspecified atom stereocenters. The fraction of sp³-hybridized carbons (Fsp3) is 0.308. The molecule has 0 aliphatic carbocycles. The van der Waals surface area contributed by atoms with Crippen molar-refractivity contribution in [1.82, 2.24) is 10.0 Å². The smallest absolute Gasteiger partial charge is 0.243 e. The molecule has 2 N–H and O–H groups in total. The maximum absolute atomic E-state index is 11.2. The highest BCUT2D eigenvalue weighted by atomic mass is 16.5. The maximum atomic E-state index is 11.2. The van der Waals surface area contributed by atoms with Gasteiger partial charge in [-0.1, -0.05) is 18.2 Å². The van der Waals surface area contributed by atoms with Gasteiger partial charge in [0.15, 0.2) is 0 Å². The maximum Gasteiger partial charge on any atom is 0.243 e. The molecule has 4 heteroatoms.